The van der Waals surface area contributed by atoms with Crippen LogP contribution in [0, 0.1) is 17.0 Å². The number of carbonyl (C=O) groups is 1. The summed E-state index contributed by atoms with van der Waals surface area (Å²) >= 11 is 6.56. The smallest absolute Gasteiger partial charge is 0.284 e. The highest BCUT2D eigenvalue weighted by atomic mass is 35.5. The van der Waals surface area contributed by atoms with Crippen molar-refractivity contribution in [3.05, 3.63) is 63.2 Å². The molecule has 0 aliphatic rings. The van der Waals surface area contributed by atoms with E-state index in [-0.39, 0.29) is 24.1 Å². The first-order valence-electron chi connectivity index (χ1n) is 7.05. The number of aryl methyl sites for hydroxylation is 1. The van der Waals surface area contributed by atoms with E-state index < -0.39 is 4.92 Å². The highest BCUT2D eigenvalue weighted by molar-refractivity contribution is 8.13. The molecular weight excluding hydrogens is 352 g/mol. The molecule has 0 saturated carbocycles. The fraction of sp³-hybridized carbons (Fsp3) is 0.188. The number of halogens is 1. The summed E-state index contributed by atoms with van der Waals surface area (Å²) in [5, 5.41) is 13.9. The van der Waals surface area contributed by atoms with Gasteiger partial charge in [0, 0.05) is 11.1 Å². The number of nitro groups is 1. The maximum Gasteiger partial charge on any atom is 0.284 e. The first-order chi connectivity index (χ1) is 11.5. The van der Waals surface area contributed by atoms with Crippen LogP contribution in [0.15, 0.2) is 47.4 Å². The number of thioether (sulfide) groups is 1. The van der Waals surface area contributed by atoms with Gasteiger partial charge in [-0.2, -0.15) is 0 Å². The van der Waals surface area contributed by atoms with Crippen LogP contribution in [0.25, 0.3) is 0 Å². The molecule has 24 heavy (non-hydrogen) atoms. The second kappa shape index (κ2) is 8.56. The molecule has 0 spiro atoms. The molecule has 0 saturated heterocycles. The number of nitrogens with zero attached hydrogens (tertiary/aromatic N) is 1. The van der Waals surface area contributed by atoms with Gasteiger partial charge in [-0.05, 0) is 54.6 Å². The molecule has 0 heterocycles. The Morgan fingerprint density at radius 1 is 1.29 bits per heavy atom. The third-order valence-corrected chi connectivity index (χ3v) is 4.11. The molecule has 126 valence electrons. The maximum absolute atomic E-state index is 11.9. The van der Waals surface area contributed by atoms with Crippen LogP contribution in [0.2, 0.25) is 5.02 Å². The van der Waals surface area contributed by atoms with Gasteiger partial charge in [0.05, 0.1) is 16.4 Å². The molecule has 0 unspecified atom stereocenters. The Bertz CT molecular complexity index is 737. The zero-order valence-electron chi connectivity index (χ0n) is 12.8. The van der Waals surface area contributed by atoms with Gasteiger partial charge < -0.3 is 10.1 Å². The highest BCUT2D eigenvalue weighted by Crippen LogP contribution is 2.30. The molecule has 8 heteroatoms. The average molecular weight is 367 g/mol. The molecule has 0 fully saturated rings. The summed E-state index contributed by atoms with van der Waals surface area (Å²) in [5.41, 5.74) is 0.690. The fourth-order valence-corrected chi connectivity index (χ4v) is 2.72. The molecule has 1 amide bonds. The standard InChI is InChI=1S/C16H15ClN2O4S/c1-11-2-7-15(14(10-11)19(21)22)24-16(20)18-8-9-23-13-5-3-12(17)4-6-13/h2-7,10H,8-9H2,1H3,(H,18,20). The number of rotatable bonds is 6. The minimum Gasteiger partial charge on any atom is -0.492 e. The zero-order chi connectivity index (χ0) is 17.5. The van der Waals surface area contributed by atoms with Crippen LogP contribution in [0.1, 0.15) is 5.56 Å². The molecular formula is C16H15ClN2O4S. The van der Waals surface area contributed by atoms with E-state index in [1.165, 1.54) is 6.07 Å². The van der Waals surface area contributed by atoms with Crippen molar-refractivity contribution in [1.82, 2.24) is 5.32 Å². The van der Waals surface area contributed by atoms with Crippen molar-refractivity contribution in [3.8, 4) is 5.75 Å². The van der Waals surface area contributed by atoms with Crippen LogP contribution >= 0.6 is 23.4 Å². The second-order valence-corrected chi connectivity index (χ2v) is 6.30. The zero-order valence-corrected chi connectivity index (χ0v) is 14.4. The number of nitro benzene ring substituents is 1. The van der Waals surface area contributed by atoms with Gasteiger partial charge in [0.15, 0.2) is 0 Å². The Kier molecular flexibility index (Phi) is 6.45. The number of hydrogen-bond donors (Lipinski definition) is 1. The Labute approximate surface area is 148 Å². The average Bonchev–Trinajstić information content (AvgIpc) is 2.55. The van der Waals surface area contributed by atoms with Crippen LogP contribution in [-0.2, 0) is 0 Å². The van der Waals surface area contributed by atoms with Crippen molar-refractivity contribution < 1.29 is 14.5 Å². The number of benzene rings is 2. The van der Waals surface area contributed by atoms with Gasteiger partial charge in [-0.25, -0.2) is 0 Å². The molecule has 1 N–H and O–H groups in total. The minimum atomic E-state index is -0.494. The van der Waals surface area contributed by atoms with E-state index in [0.29, 0.717) is 15.7 Å². The first kappa shape index (κ1) is 18.1. The molecule has 2 aromatic rings. The molecule has 0 aromatic heterocycles. The van der Waals surface area contributed by atoms with Gasteiger partial charge in [-0.1, -0.05) is 17.7 Å². The van der Waals surface area contributed by atoms with E-state index in [4.69, 9.17) is 16.3 Å². The summed E-state index contributed by atoms with van der Waals surface area (Å²) in [6.07, 6.45) is 0. The topological polar surface area (TPSA) is 81.5 Å². The molecule has 0 radical (unpaired) electrons. The summed E-state index contributed by atoms with van der Waals surface area (Å²) in [4.78, 5) is 22.7. The number of carbonyl (C=O) groups excluding carboxylic acids is 1. The number of nitrogens with one attached hydrogen (secondary N) is 1. The Morgan fingerprint density at radius 2 is 2.00 bits per heavy atom. The van der Waals surface area contributed by atoms with Crippen molar-refractivity contribution in [1.29, 1.82) is 0 Å². The van der Waals surface area contributed by atoms with Gasteiger partial charge in [0.1, 0.15) is 12.4 Å². The van der Waals surface area contributed by atoms with Crippen LogP contribution in [-0.4, -0.2) is 23.3 Å². The fourth-order valence-electron chi connectivity index (χ4n) is 1.85. The molecule has 0 aliphatic heterocycles. The largest absolute Gasteiger partial charge is 0.492 e. The molecule has 2 rings (SSSR count). The molecule has 2 aromatic carbocycles. The molecule has 0 atom stereocenters. The van der Waals surface area contributed by atoms with Crippen LogP contribution < -0.4 is 10.1 Å². The third-order valence-electron chi connectivity index (χ3n) is 2.97. The predicted molar refractivity (Wildman–Crippen MR) is 94.0 cm³/mol. The van der Waals surface area contributed by atoms with Crippen LogP contribution in [0.3, 0.4) is 0 Å². The predicted octanol–water partition coefficient (Wildman–Crippen LogP) is 4.44. The normalized spacial score (nSPS) is 10.2. The lowest BCUT2D eigenvalue weighted by molar-refractivity contribution is -0.387. The maximum atomic E-state index is 11.9. The molecule has 0 bridgehead atoms. The Balaban J connectivity index is 1.81. The van der Waals surface area contributed by atoms with Crippen LogP contribution in [0.5, 0.6) is 5.75 Å². The summed E-state index contributed by atoms with van der Waals surface area (Å²) in [6, 6.07) is 11.6. The third kappa shape index (κ3) is 5.43. The first-order valence-corrected chi connectivity index (χ1v) is 8.24. The van der Waals surface area contributed by atoms with Gasteiger partial charge in [-0.3, -0.25) is 14.9 Å². The SMILES string of the molecule is Cc1ccc(SC(=O)NCCOc2ccc(Cl)cc2)c([N+](=O)[O-])c1. The quantitative estimate of drug-likeness (QED) is 0.354. The van der Waals surface area contributed by atoms with Crippen molar-refractivity contribution in [2.45, 2.75) is 11.8 Å². The van der Waals surface area contributed by atoms with Gasteiger partial charge in [0.2, 0.25) is 0 Å². The minimum absolute atomic E-state index is 0.0763. The van der Waals surface area contributed by atoms with Crippen LogP contribution in [0.4, 0.5) is 10.5 Å². The van der Waals surface area contributed by atoms with Gasteiger partial charge in [-0.15, -0.1) is 0 Å². The second-order valence-electron chi connectivity index (χ2n) is 4.85. The van der Waals surface area contributed by atoms with Crippen molar-refractivity contribution in [3.63, 3.8) is 0 Å². The van der Waals surface area contributed by atoms with Gasteiger partial charge in [0.25, 0.3) is 10.9 Å². The van der Waals surface area contributed by atoms with E-state index in [9.17, 15) is 14.9 Å². The lowest BCUT2D eigenvalue weighted by Gasteiger charge is -2.08. The molecule has 0 aliphatic carbocycles. The van der Waals surface area contributed by atoms with E-state index in [0.717, 1.165) is 17.3 Å². The summed E-state index contributed by atoms with van der Waals surface area (Å²) < 4.78 is 5.45. The summed E-state index contributed by atoms with van der Waals surface area (Å²) in [6.45, 7) is 2.33. The van der Waals surface area contributed by atoms with Crippen molar-refractivity contribution in [2.24, 2.45) is 0 Å². The number of hydrogen-bond acceptors (Lipinski definition) is 5. The molecule has 6 nitrogen and oxygen atoms in total. The van der Waals surface area contributed by atoms with Crippen molar-refractivity contribution >= 4 is 34.3 Å². The van der Waals surface area contributed by atoms with Gasteiger partial charge >= 0.3 is 0 Å². The Hall–Kier alpha value is -2.25. The summed E-state index contributed by atoms with van der Waals surface area (Å²) in [7, 11) is 0. The van der Waals surface area contributed by atoms with E-state index >= 15 is 0 Å². The van der Waals surface area contributed by atoms with E-state index in [1.54, 1.807) is 43.3 Å². The monoisotopic (exact) mass is 366 g/mol. The number of amides is 1. The Morgan fingerprint density at radius 3 is 2.67 bits per heavy atom. The number of ether oxygens (including phenoxy) is 1. The van der Waals surface area contributed by atoms with E-state index in [1.807, 2.05) is 0 Å². The summed E-state index contributed by atoms with van der Waals surface area (Å²) in [5.74, 6) is 0.649. The lowest BCUT2D eigenvalue weighted by Crippen LogP contribution is -2.24. The van der Waals surface area contributed by atoms with E-state index in [2.05, 4.69) is 5.32 Å². The highest BCUT2D eigenvalue weighted by Gasteiger charge is 2.17. The lowest BCUT2D eigenvalue weighted by atomic mass is 10.2. The van der Waals surface area contributed by atoms with Crippen molar-refractivity contribution in [2.75, 3.05) is 13.2 Å².